The zero-order chi connectivity index (χ0) is 14.0. The fourth-order valence-electron chi connectivity index (χ4n) is 2.11. The number of benzene rings is 1. The number of hydrogen-bond acceptors (Lipinski definition) is 2. The Labute approximate surface area is 111 Å². The van der Waals surface area contributed by atoms with Gasteiger partial charge in [0.25, 0.3) is 5.91 Å². The monoisotopic (exact) mass is 256 g/mol. The topological polar surface area (TPSA) is 62.0 Å². The van der Waals surface area contributed by atoms with Gasteiger partial charge in [-0.3, -0.25) is 9.59 Å². The van der Waals surface area contributed by atoms with Crippen molar-refractivity contribution in [1.29, 1.82) is 0 Å². The van der Waals surface area contributed by atoms with Crippen molar-refractivity contribution in [2.45, 2.75) is 13.8 Å². The second kappa shape index (κ2) is 5.10. The first kappa shape index (κ1) is 13.1. The molecule has 2 rings (SSSR count). The molecule has 0 bridgehead atoms. The number of aromatic amines is 1. The normalized spacial score (nSPS) is 10.3. The molecule has 0 fully saturated rings. The lowest BCUT2D eigenvalue weighted by Crippen LogP contribution is -2.17. The summed E-state index contributed by atoms with van der Waals surface area (Å²) in [7, 11) is 1.60. The lowest BCUT2D eigenvalue weighted by molar-refractivity contribution is 0.0961. The summed E-state index contributed by atoms with van der Waals surface area (Å²) in [6.07, 6.45) is 1.72. The van der Waals surface area contributed by atoms with Crippen molar-refractivity contribution in [3.8, 4) is 11.1 Å². The standard InChI is InChI=1S/C15H16N2O2/c1-9-14(13(8-17-9)10(2)18)11-4-6-12(7-5-11)15(19)16-3/h4-8,17H,1-3H3,(H,16,19). The lowest BCUT2D eigenvalue weighted by Gasteiger charge is -2.05. The molecule has 0 aliphatic rings. The summed E-state index contributed by atoms with van der Waals surface area (Å²) >= 11 is 0. The predicted molar refractivity (Wildman–Crippen MR) is 74.4 cm³/mol. The van der Waals surface area contributed by atoms with Crippen LogP contribution in [0, 0.1) is 6.92 Å². The summed E-state index contributed by atoms with van der Waals surface area (Å²) in [5.74, 6) is -0.0983. The molecule has 2 N–H and O–H groups in total. The molecule has 98 valence electrons. The van der Waals surface area contributed by atoms with Gasteiger partial charge in [-0.15, -0.1) is 0 Å². The highest BCUT2D eigenvalue weighted by Gasteiger charge is 2.14. The SMILES string of the molecule is CNC(=O)c1ccc(-c2c(C(C)=O)c[nH]c2C)cc1. The van der Waals surface area contributed by atoms with Crippen molar-refractivity contribution >= 4 is 11.7 Å². The molecule has 0 unspecified atom stereocenters. The van der Waals surface area contributed by atoms with Crippen LogP contribution in [0.1, 0.15) is 33.3 Å². The minimum absolute atomic E-state index is 0.0229. The minimum Gasteiger partial charge on any atom is -0.364 e. The third-order valence-corrected chi connectivity index (χ3v) is 3.12. The fourth-order valence-corrected chi connectivity index (χ4v) is 2.11. The molecule has 1 amide bonds. The van der Waals surface area contributed by atoms with E-state index >= 15 is 0 Å². The molecule has 4 nitrogen and oxygen atoms in total. The molecule has 19 heavy (non-hydrogen) atoms. The quantitative estimate of drug-likeness (QED) is 0.829. The lowest BCUT2D eigenvalue weighted by atomic mass is 9.99. The van der Waals surface area contributed by atoms with E-state index in [1.807, 2.05) is 19.1 Å². The maximum Gasteiger partial charge on any atom is 0.251 e. The van der Waals surface area contributed by atoms with Crippen LogP contribution in [-0.2, 0) is 0 Å². The second-order valence-corrected chi connectivity index (χ2v) is 4.42. The van der Waals surface area contributed by atoms with Crippen molar-refractivity contribution < 1.29 is 9.59 Å². The first-order valence-corrected chi connectivity index (χ1v) is 6.06. The molecular weight excluding hydrogens is 240 g/mol. The maximum absolute atomic E-state index is 11.6. The van der Waals surface area contributed by atoms with E-state index in [1.54, 1.807) is 32.3 Å². The number of rotatable bonds is 3. The van der Waals surface area contributed by atoms with E-state index in [9.17, 15) is 9.59 Å². The van der Waals surface area contributed by atoms with Crippen LogP contribution in [-0.4, -0.2) is 23.7 Å². The van der Waals surface area contributed by atoms with Crippen LogP contribution in [0.2, 0.25) is 0 Å². The molecule has 0 aliphatic carbocycles. The van der Waals surface area contributed by atoms with E-state index in [-0.39, 0.29) is 11.7 Å². The largest absolute Gasteiger partial charge is 0.364 e. The van der Waals surface area contributed by atoms with Crippen molar-refractivity contribution in [1.82, 2.24) is 10.3 Å². The second-order valence-electron chi connectivity index (χ2n) is 4.42. The molecule has 0 atom stereocenters. The van der Waals surface area contributed by atoms with Crippen LogP contribution in [0.3, 0.4) is 0 Å². The molecule has 1 aromatic carbocycles. The van der Waals surface area contributed by atoms with E-state index < -0.39 is 0 Å². The number of amides is 1. The first-order chi connectivity index (χ1) is 9.04. The summed E-state index contributed by atoms with van der Waals surface area (Å²) < 4.78 is 0. The number of hydrogen-bond donors (Lipinski definition) is 2. The molecule has 4 heteroatoms. The van der Waals surface area contributed by atoms with Gasteiger partial charge in [-0.1, -0.05) is 12.1 Å². The average molecular weight is 256 g/mol. The van der Waals surface area contributed by atoms with E-state index in [4.69, 9.17) is 0 Å². The third-order valence-electron chi connectivity index (χ3n) is 3.12. The molecule has 0 saturated heterocycles. The Hall–Kier alpha value is -2.36. The van der Waals surface area contributed by atoms with Gasteiger partial charge in [-0.05, 0) is 31.5 Å². The third kappa shape index (κ3) is 2.42. The summed E-state index contributed by atoms with van der Waals surface area (Å²) in [4.78, 5) is 26.1. The summed E-state index contributed by atoms with van der Waals surface area (Å²) in [6.45, 7) is 3.47. The first-order valence-electron chi connectivity index (χ1n) is 6.06. The van der Waals surface area contributed by atoms with Gasteiger partial charge >= 0.3 is 0 Å². The zero-order valence-corrected chi connectivity index (χ0v) is 11.2. The smallest absolute Gasteiger partial charge is 0.251 e. The summed E-state index contributed by atoms with van der Waals surface area (Å²) in [6, 6.07) is 7.22. The number of carbonyl (C=O) groups is 2. The number of Topliss-reactive ketones (excluding diaryl/α,β-unsaturated/α-hetero) is 1. The van der Waals surface area contributed by atoms with Crippen LogP contribution < -0.4 is 5.32 Å². The van der Waals surface area contributed by atoms with E-state index in [2.05, 4.69) is 10.3 Å². The highest BCUT2D eigenvalue weighted by molar-refractivity contribution is 6.02. The summed E-state index contributed by atoms with van der Waals surface area (Å²) in [5.41, 5.74) is 4.04. The van der Waals surface area contributed by atoms with Crippen LogP contribution in [0.15, 0.2) is 30.5 Å². The van der Waals surface area contributed by atoms with Crippen molar-refractivity contribution in [3.63, 3.8) is 0 Å². The van der Waals surface area contributed by atoms with Gasteiger partial charge in [0.1, 0.15) is 0 Å². The Balaban J connectivity index is 2.46. The van der Waals surface area contributed by atoms with E-state index in [1.165, 1.54) is 0 Å². The Kier molecular flexibility index (Phi) is 3.51. The van der Waals surface area contributed by atoms with Gasteiger partial charge in [0, 0.05) is 35.6 Å². The Bertz CT molecular complexity index is 624. The number of carbonyl (C=O) groups excluding carboxylic acids is 2. The number of ketones is 1. The molecule has 0 aliphatic heterocycles. The predicted octanol–water partition coefficient (Wildman–Crippen LogP) is 2.55. The van der Waals surface area contributed by atoms with E-state index in [0.717, 1.165) is 16.8 Å². The molecule has 0 radical (unpaired) electrons. The number of aryl methyl sites for hydroxylation is 1. The van der Waals surface area contributed by atoms with Gasteiger partial charge in [-0.25, -0.2) is 0 Å². The number of H-pyrrole nitrogens is 1. The molecule has 0 spiro atoms. The van der Waals surface area contributed by atoms with E-state index in [0.29, 0.717) is 11.1 Å². The molecule has 2 aromatic rings. The van der Waals surface area contributed by atoms with Gasteiger partial charge in [0.15, 0.2) is 5.78 Å². The number of nitrogens with one attached hydrogen (secondary N) is 2. The van der Waals surface area contributed by atoms with Gasteiger partial charge in [-0.2, -0.15) is 0 Å². The minimum atomic E-state index is -0.121. The zero-order valence-electron chi connectivity index (χ0n) is 11.2. The average Bonchev–Trinajstić information content (AvgIpc) is 2.80. The Morgan fingerprint density at radius 1 is 1.16 bits per heavy atom. The highest BCUT2D eigenvalue weighted by atomic mass is 16.1. The Morgan fingerprint density at radius 2 is 1.79 bits per heavy atom. The fraction of sp³-hybridized carbons (Fsp3) is 0.200. The van der Waals surface area contributed by atoms with Crippen LogP contribution >= 0.6 is 0 Å². The molecule has 1 aromatic heterocycles. The van der Waals surface area contributed by atoms with Gasteiger partial charge in [0.05, 0.1) is 0 Å². The van der Waals surface area contributed by atoms with Crippen molar-refractivity contribution in [2.75, 3.05) is 7.05 Å². The summed E-state index contributed by atoms with van der Waals surface area (Å²) in [5, 5.41) is 2.58. The van der Waals surface area contributed by atoms with Crippen molar-refractivity contribution in [3.05, 3.63) is 47.3 Å². The number of aromatic nitrogens is 1. The maximum atomic E-state index is 11.6. The highest BCUT2D eigenvalue weighted by Crippen LogP contribution is 2.27. The van der Waals surface area contributed by atoms with Gasteiger partial charge in [0.2, 0.25) is 0 Å². The molecule has 1 heterocycles. The van der Waals surface area contributed by atoms with Crippen molar-refractivity contribution in [2.24, 2.45) is 0 Å². The van der Waals surface area contributed by atoms with Crippen LogP contribution in [0.5, 0.6) is 0 Å². The molecular formula is C15H16N2O2. The Morgan fingerprint density at radius 3 is 2.32 bits per heavy atom. The van der Waals surface area contributed by atoms with Crippen LogP contribution in [0.25, 0.3) is 11.1 Å². The van der Waals surface area contributed by atoms with Gasteiger partial charge < -0.3 is 10.3 Å². The van der Waals surface area contributed by atoms with Crippen LogP contribution in [0.4, 0.5) is 0 Å². The molecule has 0 saturated carbocycles.